The average Bonchev–Trinajstić information content (AvgIpc) is 3.08. The summed E-state index contributed by atoms with van der Waals surface area (Å²) in [5.41, 5.74) is 11.7. The molecule has 164 valence electrons. The van der Waals surface area contributed by atoms with Crippen molar-refractivity contribution < 1.29 is 4.74 Å². The number of nitrogens with zero attached hydrogens (tertiary/aromatic N) is 5. The van der Waals surface area contributed by atoms with Gasteiger partial charge in [0.25, 0.3) is 0 Å². The molecule has 0 bridgehead atoms. The number of benzene rings is 1. The minimum atomic E-state index is 0.256. The molecule has 0 amide bonds. The highest BCUT2D eigenvalue weighted by Gasteiger charge is 2.22. The molecule has 0 radical (unpaired) electrons. The van der Waals surface area contributed by atoms with Crippen molar-refractivity contribution in [1.82, 2.24) is 24.4 Å². The second-order valence-corrected chi connectivity index (χ2v) is 8.62. The van der Waals surface area contributed by atoms with Gasteiger partial charge in [-0.25, -0.2) is 15.0 Å². The molecule has 1 aromatic carbocycles. The lowest BCUT2D eigenvalue weighted by Crippen LogP contribution is -2.44. The molecule has 1 saturated heterocycles. The highest BCUT2D eigenvalue weighted by atomic mass is 16.5. The lowest BCUT2D eigenvalue weighted by atomic mass is 10.1. The number of ether oxygens (including phenoxy) is 1. The minimum Gasteiger partial charge on any atom is -0.384 e. The number of aryl methyl sites for hydroxylation is 1. The first-order valence-electron chi connectivity index (χ1n) is 11.0. The maximum atomic E-state index is 5.88. The van der Waals surface area contributed by atoms with Crippen LogP contribution in [0.15, 0.2) is 54.7 Å². The number of fused-ring (bicyclic) bond motifs is 1. The topological polar surface area (TPSA) is 82.1 Å². The van der Waals surface area contributed by atoms with Crippen molar-refractivity contribution in [3.8, 4) is 16.9 Å². The summed E-state index contributed by atoms with van der Waals surface area (Å²) < 4.78 is 8.00. The van der Waals surface area contributed by atoms with E-state index in [4.69, 9.17) is 20.4 Å². The van der Waals surface area contributed by atoms with Gasteiger partial charge in [-0.15, -0.1) is 0 Å². The quantitative estimate of drug-likeness (QED) is 0.529. The maximum Gasteiger partial charge on any atom is 0.165 e. The van der Waals surface area contributed by atoms with Crippen LogP contribution in [0.3, 0.4) is 0 Å². The molecule has 0 unspecified atom stereocenters. The SMILES string of the molecule is Cc1nc2ccc(-c3ccnc(N)c3)nc2n1-c1cccc(CN2C[C@H](C)O[C@@H](C)C2)c1. The number of aromatic nitrogens is 4. The molecule has 2 N–H and O–H groups in total. The molecule has 1 aliphatic heterocycles. The van der Waals surface area contributed by atoms with Crippen molar-refractivity contribution >= 4 is 17.0 Å². The van der Waals surface area contributed by atoms with E-state index in [1.165, 1.54) is 5.56 Å². The van der Waals surface area contributed by atoms with Gasteiger partial charge >= 0.3 is 0 Å². The Morgan fingerprint density at radius 3 is 2.62 bits per heavy atom. The van der Waals surface area contributed by atoms with Crippen LogP contribution in [0.25, 0.3) is 28.1 Å². The number of imidazole rings is 1. The van der Waals surface area contributed by atoms with E-state index in [9.17, 15) is 0 Å². The lowest BCUT2D eigenvalue weighted by molar-refractivity contribution is -0.0704. The molecule has 1 aliphatic rings. The van der Waals surface area contributed by atoms with E-state index in [0.29, 0.717) is 5.82 Å². The zero-order chi connectivity index (χ0) is 22.2. The normalized spacial score (nSPS) is 19.5. The summed E-state index contributed by atoms with van der Waals surface area (Å²) in [6.07, 6.45) is 2.22. The van der Waals surface area contributed by atoms with Gasteiger partial charge in [0, 0.05) is 37.1 Å². The van der Waals surface area contributed by atoms with Gasteiger partial charge in [-0.2, -0.15) is 0 Å². The van der Waals surface area contributed by atoms with Crippen LogP contribution in [0.4, 0.5) is 5.82 Å². The van der Waals surface area contributed by atoms with Gasteiger partial charge in [-0.1, -0.05) is 12.1 Å². The largest absolute Gasteiger partial charge is 0.384 e. The third kappa shape index (κ3) is 4.09. The van der Waals surface area contributed by atoms with Gasteiger partial charge in [0.1, 0.15) is 17.2 Å². The summed E-state index contributed by atoms with van der Waals surface area (Å²) >= 11 is 0. The van der Waals surface area contributed by atoms with E-state index in [-0.39, 0.29) is 12.2 Å². The summed E-state index contributed by atoms with van der Waals surface area (Å²) in [5.74, 6) is 1.39. The van der Waals surface area contributed by atoms with Crippen molar-refractivity contribution in [2.75, 3.05) is 18.8 Å². The van der Waals surface area contributed by atoms with Crippen LogP contribution in [0.5, 0.6) is 0 Å². The Labute approximate surface area is 187 Å². The number of morpholine rings is 1. The zero-order valence-electron chi connectivity index (χ0n) is 18.7. The Hall–Kier alpha value is -3.29. The number of nitrogens with two attached hydrogens (primary N) is 1. The van der Waals surface area contributed by atoms with E-state index in [1.54, 1.807) is 6.20 Å². The molecular formula is C25H28N6O. The Kier molecular flexibility index (Phi) is 5.36. The van der Waals surface area contributed by atoms with Crippen LogP contribution in [0.1, 0.15) is 25.2 Å². The Morgan fingerprint density at radius 2 is 1.84 bits per heavy atom. The Morgan fingerprint density at radius 1 is 1.03 bits per heavy atom. The molecule has 4 heterocycles. The Bertz CT molecular complexity index is 1260. The number of nitrogen functional groups attached to an aromatic ring is 1. The first kappa shape index (κ1) is 20.6. The van der Waals surface area contributed by atoms with Crippen LogP contribution < -0.4 is 5.73 Å². The molecule has 4 aromatic rings. The van der Waals surface area contributed by atoms with Crippen molar-refractivity contribution in [2.24, 2.45) is 0 Å². The van der Waals surface area contributed by atoms with Crippen LogP contribution in [0, 0.1) is 6.92 Å². The van der Waals surface area contributed by atoms with E-state index < -0.39 is 0 Å². The maximum absolute atomic E-state index is 5.88. The molecule has 3 aromatic heterocycles. The number of hydrogen-bond acceptors (Lipinski definition) is 6. The molecule has 32 heavy (non-hydrogen) atoms. The van der Waals surface area contributed by atoms with Crippen LogP contribution in [-0.4, -0.2) is 49.7 Å². The molecular weight excluding hydrogens is 400 g/mol. The van der Waals surface area contributed by atoms with Gasteiger partial charge in [-0.05, 0) is 62.7 Å². The van der Waals surface area contributed by atoms with Crippen molar-refractivity contribution in [1.29, 1.82) is 0 Å². The monoisotopic (exact) mass is 428 g/mol. The molecule has 0 spiro atoms. The highest BCUT2D eigenvalue weighted by Crippen LogP contribution is 2.25. The molecule has 1 fully saturated rings. The van der Waals surface area contributed by atoms with Crippen LogP contribution in [0.2, 0.25) is 0 Å². The second kappa shape index (κ2) is 8.33. The van der Waals surface area contributed by atoms with Crippen molar-refractivity contribution in [3.05, 3.63) is 66.1 Å². The smallest absolute Gasteiger partial charge is 0.165 e. The van der Waals surface area contributed by atoms with E-state index in [1.807, 2.05) is 31.2 Å². The molecule has 7 heteroatoms. The van der Waals surface area contributed by atoms with Gasteiger partial charge in [-0.3, -0.25) is 9.47 Å². The van der Waals surface area contributed by atoms with Gasteiger partial charge in [0.05, 0.1) is 17.9 Å². The fourth-order valence-electron chi connectivity index (χ4n) is 4.61. The molecule has 0 aliphatic carbocycles. The molecule has 5 rings (SSSR count). The van der Waals surface area contributed by atoms with Crippen molar-refractivity contribution in [2.45, 2.75) is 39.5 Å². The molecule has 0 saturated carbocycles. The minimum absolute atomic E-state index is 0.256. The summed E-state index contributed by atoms with van der Waals surface area (Å²) in [7, 11) is 0. The van der Waals surface area contributed by atoms with E-state index in [2.05, 4.69) is 52.6 Å². The van der Waals surface area contributed by atoms with Crippen LogP contribution >= 0.6 is 0 Å². The lowest BCUT2D eigenvalue weighted by Gasteiger charge is -2.35. The number of anilines is 1. The number of hydrogen-bond donors (Lipinski definition) is 1. The fourth-order valence-corrected chi connectivity index (χ4v) is 4.61. The fraction of sp³-hybridized carbons (Fsp3) is 0.320. The third-order valence-electron chi connectivity index (χ3n) is 5.82. The predicted molar refractivity (Wildman–Crippen MR) is 127 cm³/mol. The zero-order valence-corrected chi connectivity index (χ0v) is 18.7. The summed E-state index contributed by atoms with van der Waals surface area (Å²) in [4.78, 5) is 16.2. The number of pyridine rings is 2. The summed E-state index contributed by atoms with van der Waals surface area (Å²) in [6.45, 7) is 9.08. The first-order valence-corrected chi connectivity index (χ1v) is 11.0. The van der Waals surface area contributed by atoms with Gasteiger partial charge < -0.3 is 10.5 Å². The third-order valence-corrected chi connectivity index (χ3v) is 5.82. The van der Waals surface area contributed by atoms with Crippen molar-refractivity contribution in [3.63, 3.8) is 0 Å². The van der Waals surface area contributed by atoms with E-state index >= 15 is 0 Å². The highest BCUT2D eigenvalue weighted by molar-refractivity contribution is 5.78. The first-order chi connectivity index (χ1) is 15.5. The van der Waals surface area contributed by atoms with Gasteiger partial charge in [0.15, 0.2) is 5.65 Å². The standard InChI is InChI=1S/C25H28N6O/c1-16-13-30(14-17(2)32-16)15-19-5-4-6-21(11-19)31-18(3)28-23-8-7-22(29-25(23)31)20-9-10-27-24(26)12-20/h4-12,16-17H,13-15H2,1-3H3,(H2,26,27)/t16-,17-/m0/s1. The van der Waals surface area contributed by atoms with E-state index in [0.717, 1.165) is 53.6 Å². The predicted octanol–water partition coefficient (Wildman–Crippen LogP) is 3.98. The van der Waals surface area contributed by atoms with Gasteiger partial charge in [0.2, 0.25) is 0 Å². The van der Waals surface area contributed by atoms with Crippen LogP contribution in [-0.2, 0) is 11.3 Å². The number of rotatable bonds is 4. The second-order valence-electron chi connectivity index (χ2n) is 8.62. The Balaban J connectivity index is 1.51. The average molecular weight is 429 g/mol. The summed E-state index contributed by atoms with van der Waals surface area (Å²) in [5, 5.41) is 0. The summed E-state index contributed by atoms with van der Waals surface area (Å²) in [6, 6.07) is 16.4. The molecule has 7 nitrogen and oxygen atoms in total. The molecule has 2 atom stereocenters.